The number of rotatable bonds is 1. The molecule has 3 aromatic rings. The second-order valence-corrected chi connectivity index (χ2v) is 8.85. The molecule has 25 heavy (non-hydrogen) atoms. The molecular weight excluding hydrogens is 361 g/mol. The van der Waals surface area contributed by atoms with Gasteiger partial charge in [-0.2, -0.15) is 5.10 Å². The van der Waals surface area contributed by atoms with Crippen molar-refractivity contribution in [1.29, 1.82) is 0 Å². The molecule has 5 nitrogen and oxygen atoms in total. The van der Waals surface area contributed by atoms with Crippen LogP contribution in [-0.2, 0) is 16.9 Å². The van der Waals surface area contributed by atoms with E-state index >= 15 is 0 Å². The molecule has 0 radical (unpaired) electrons. The van der Waals surface area contributed by atoms with Gasteiger partial charge in [0.1, 0.15) is 5.82 Å². The number of nitrogens with zero attached hydrogens (tertiary/aromatic N) is 3. The zero-order chi connectivity index (χ0) is 17.6. The molecule has 0 unspecified atom stereocenters. The number of thiazole rings is 1. The van der Waals surface area contributed by atoms with Gasteiger partial charge in [-0.05, 0) is 30.3 Å². The Bertz CT molecular complexity index is 1190. The van der Waals surface area contributed by atoms with Gasteiger partial charge in [-0.1, -0.05) is 23.5 Å². The van der Waals surface area contributed by atoms with Crippen molar-refractivity contribution in [2.45, 2.75) is 11.3 Å². The second-order valence-electron chi connectivity index (χ2n) is 5.77. The van der Waals surface area contributed by atoms with E-state index in [1.54, 1.807) is 0 Å². The maximum atomic E-state index is 13.6. The summed E-state index contributed by atoms with van der Waals surface area (Å²) in [5.41, 5.74) is 1.84. The van der Waals surface area contributed by atoms with Gasteiger partial charge in [0, 0.05) is 19.0 Å². The van der Waals surface area contributed by atoms with Gasteiger partial charge < -0.3 is 4.57 Å². The van der Waals surface area contributed by atoms with Crippen LogP contribution in [-0.4, -0.2) is 24.4 Å². The van der Waals surface area contributed by atoms with Crippen LogP contribution in [0.3, 0.4) is 0 Å². The lowest BCUT2D eigenvalue weighted by molar-refractivity contribution is 0.592. The normalized spacial score (nSPS) is 18.6. The largest absolute Gasteiger partial charge is 0.318 e. The maximum absolute atomic E-state index is 13.6. The topological polar surface area (TPSA) is 63.8 Å². The first-order valence-corrected chi connectivity index (χ1v) is 10.1. The second kappa shape index (κ2) is 5.89. The first-order chi connectivity index (χ1) is 12.0. The van der Waals surface area contributed by atoms with Crippen molar-refractivity contribution in [2.24, 2.45) is 17.3 Å². The number of aromatic nitrogens is 1. The molecule has 1 aliphatic rings. The van der Waals surface area contributed by atoms with Crippen molar-refractivity contribution >= 4 is 37.1 Å². The van der Waals surface area contributed by atoms with Crippen LogP contribution in [0.4, 0.5) is 4.39 Å². The Morgan fingerprint density at radius 1 is 1.16 bits per heavy atom. The predicted molar refractivity (Wildman–Crippen MR) is 96.0 cm³/mol. The molecule has 0 atom stereocenters. The summed E-state index contributed by atoms with van der Waals surface area (Å²) < 4.78 is 40.9. The van der Waals surface area contributed by atoms with E-state index in [1.165, 1.54) is 23.5 Å². The third-order valence-corrected chi connectivity index (χ3v) is 7.04. The van der Waals surface area contributed by atoms with E-state index in [0.717, 1.165) is 16.3 Å². The van der Waals surface area contributed by atoms with Crippen LogP contribution in [0, 0.1) is 5.82 Å². The monoisotopic (exact) mass is 375 g/mol. The lowest BCUT2D eigenvalue weighted by atomic mass is 10.1. The number of sulfone groups is 1. The Kier molecular flexibility index (Phi) is 3.81. The van der Waals surface area contributed by atoms with Gasteiger partial charge in [-0.3, -0.25) is 0 Å². The summed E-state index contributed by atoms with van der Waals surface area (Å²) >= 11 is 1.49. The Morgan fingerprint density at radius 2 is 1.96 bits per heavy atom. The zero-order valence-electron chi connectivity index (χ0n) is 13.3. The van der Waals surface area contributed by atoms with Crippen LogP contribution in [0.25, 0.3) is 10.2 Å². The van der Waals surface area contributed by atoms with Gasteiger partial charge >= 0.3 is 0 Å². The number of fused-ring (bicyclic) bond motifs is 2. The first kappa shape index (κ1) is 16.2. The van der Waals surface area contributed by atoms with Crippen LogP contribution < -0.4 is 4.80 Å². The SMILES string of the molecule is Cn1/c(=N\N=C2\CCS(=O)(=O)c3ccc(F)cc32)sc2ccccc21. The Morgan fingerprint density at radius 3 is 2.76 bits per heavy atom. The predicted octanol–water partition coefficient (Wildman–Crippen LogP) is 2.86. The van der Waals surface area contributed by atoms with E-state index in [0.29, 0.717) is 16.1 Å². The fourth-order valence-electron chi connectivity index (χ4n) is 2.86. The smallest absolute Gasteiger partial charge is 0.211 e. The summed E-state index contributed by atoms with van der Waals surface area (Å²) in [6, 6.07) is 11.6. The number of benzene rings is 2. The highest BCUT2D eigenvalue weighted by atomic mass is 32.2. The summed E-state index contributed by atoms with van der Waals surface area (Å²) in [5, 5.41) is 8.55. The van der Waals surface area contributed by atoms with Gasteiger partial charge in [0.25, 0.3) is 0 Å². The minimum Gasteiger partial charge on any atom is -0.318 e. The third-order valence-electron chi connectivity index (χ3n) is 4.17. The highest BCUT2D eigenvalue weighted by Gasteiger charge is 2.28. The van der Waals surface area contributed by atoms with Crippen LogP contribution in [0.1, 0.15) is 12.0 Å². The fourth-order valence-corrected chi connectivity index (χ4v) is 5.30. The molecule has 0 spiro atoms. The number of aryl methyl sites for hydroxylation is 1. The van der Waals surface area contributed by atoms with Crippen molar-refractivity contribution in [2.75, 3.05) is 5.75 Å². The summed E-state index contributed by atoms with van der Waals surface area (Å²) in [7, 11) is -1.50. The minimum atomic E-state index is -3.40. The van der Waals surface area contributed by atoms with E-state index in [2.05, 4.69) is 10.2 Å². The fraction of sp³-hybridized carbons (Fsp3) is 0.176. The molecule has 0 N–H and O–H groups in total. The van der Waals surface area contributed by atoms with Crippen molar-refractivity contribution in [3.8, 4) is 0 Å². The van der Waals surface area contributed by atoms with Crippen molar-refractivity contribution < 1.29 is 12.8 Å². The lowest BCUT2D eigenvalue weighted by Gasteiger charge is -2.17. The average Bonchev–Trinajstić information content (AvgIpc) is 2.90. The van der Waals surface area contributed by atoms with Crippen LogP contribution in [0.2, 0.25) is 0 Å². The van der Waals surface area contributed by atoms with E-state index in [1.807, 2.05) is 35.9 Å². The molecule has 2 aromatic carbocycles. The average molecular weight is 375 g/mol. The van der Waals surface area contributed by atoms with E-state index in [-0.39, 0.29) is 17.1 Å². The van der Waals surface area contributed by atoms with E-state index < -0.39 is 15.7 Å². The molecule has 128 valence electrons. The minimum absolute atomic E-state index is 0.0431. The summed E-state index contributed by atoms with van der Waals surface area (Å²) in [6.45, 7) is 0. The number of para-hydroxylation sites is 1. The molecule has 1 aliphatic heterocycles. The van der Waals surface area contributed by atoms with Crippen LogP contribution in [0.15, 0.2) is 57.6 Å². The molecule has 8 heteroatoms. The maximum Gasteiger partial charge on any atom is 0.211 e. The molecule has 0 bridgehead atoms. The summed E-state index contributed by atoms with van der Waals surface area (Å²) in [4.78, 5) is 0.815. The molecule has 2 heterocycles. The molecule has 0 fully saturated rings. The van der Waals surface area contributed by atoms with Crippen molar-refractivity contribution in [3.05, 3.63) is 58.6 Å². The van der Waals surface area contributed by atoms with Gasteiger partial charge in [-0.15, -0.1) is 5.10 Å². The standard InChI is InChI=1S/C17H14FN3O2S2/c1-21-14-4-2-3-5-15(14)24-17(21)20-19-13-8-9-25(22,23)16-7-6-11(18)10-12(13)16/h2-7,10H,8-9H2,1H3/b19-13-,20-17+. The molecule has 0 saturated carbocycles. The van der Waals surface area contributed by atoms with Crippen LogP contribution in [0.5, 0.6) is 0 Å². The Hall–Kier alpha value is -2.32. The van der Waals surface area contributed by atoms with Crippen molar-refractivity contribution in [1.82, 2.24) is 4.57 Å². The van der Waals surface area contributed by atoms with E-state index in [4.69, 9.17) is 0 Å². The van der Waals surface area contributed by atoms with Crippen molar-refractivity contribution in [3.63, 3.8) is 0 Å². The lowest BCUT2D eigenvalue weighted by Crippen LogP contribution is -2.22. The van der Waals surface area contributed by atoms with E-state index in [9.17, 15) is 12.8 Å². The van der Waals surface area contributed by atoms with Gasteiger partial charge in [0.2, 0.25) is 4.80 Å². The summed E-state index contributed by atoms with van der Waals surface area (Å²) in [5.74, 6) is -0.533. The number of hydrogen-bond donors (Lipinski definition) is 0. The van der Waals surface area contributed by atoms with Gasteiger partial charge in [-0.25, -0.2) is 12.8 Å². The number of hydrogen-bond acceptors (Lipinski definition) is 5. The third kappa shape index (κ3) is 2.81. The highest BCUT2D eigenvalue weighted by Crippen LogP contribution is 2.26. The molecule has 0 amide bonds. The Labute approximate surface area is 147 Å². The molecule has 0 saturated heterocycles. The van der Waals surface area contributed by atoms with Gasteiger partial charge in [0.05, 0.1) is 26.6 Å². The molecule has 4 rings (SSSR count). The molecule has 0 aliphatic carbocycles. The molecule has 1 aromatic heterocycles. The molecular formula is C17H14FN3O2S2. The highest BCUT2D eigenvalue weighted by molar-refractivity contribution is 7.91. The summed E-state index contributed by atoms with van der Waals surface area (Å²) in [6.07, 6.45) is 0.219. The quantitative estimate of drug-likeness (QED) is 0.485. The van der Waals surface area contributed by atoms with Gasteiger partial charge in [0.15, 0.2) is 9.84 Å². The first-order valence-electron chi connectivity index (χ1n) is 7.63. The Balaban J connectivity index is 1.87. The zero-order valence-corrected chi connectivity index (χ0v) is 14.9. The number of halogens is 1. The van der Waals surface area contributed by atoms with Crippen LogP contribution >= 0.6 is 11.3 Å².